The van der Waals surface area contributed by atoms with Gasteiger partial charge in [0.25, 0.3) is 0 Å². The van der Waals surface area contributed by atoms with E-state index in [0.29, 0.717) is 18.4 Å². The second kappa shape index (κ2) is 5.31. The van der Waals surface area contributed by atoms with Crippen molar-refractivity contribution in [2.45, 2.75) is 52.1 Å². The zero-order chi connectivity index (χ0) is 15.1. The van der Waals surface area contributed by atoms with Crippen LogP contribution in [0.3, 0.4) is 0 Å². The van der Waals surface area contributed by atoms with Gasteiger partial charge < -0.3 is 9.80 Å². The van der Waals surface area contributed by atoms with E-state index in [9.17, 15) is 4.79 Å². The van der Waals surface area contributed by atoms with Crippen LogP contribution in [0.2, 0.25) is 0 Å². The van der Waals surface area contributed by atoms with Crippen molar-refractivity contribution in [2.24, 2.45) is 5.92 Å². The van der Waals surface area contributed by atoms with Crippen LogP contribution in [0.1, 0.15) is 45.4 Å². The summed E-state index contributed by atoms with van der Waals surface area (Å²) in [6, 6.07) is 0.273. The normalized spacial score (nSPS) is 23.3. The van der Waals surface area contributed by atoms with Crippen LogP contribution in [0.15, 0.2) is 0 Å². The summed E-state index contributed by atoms with van der Waals surface area (Å²) in [4.78, 5) is 15.9. The fourth-order valence-electron chi connectivity index (χ4n) is 2.99. The average molecular weight is 291 g/mol. The lowest BCUT2D eigenvalue weighted by molar-refractivity contribution is -0.130. The number of amides is 1. The summed E-state index contributed by atoms with van der Waals surface area (Å²) in [6.07, 6.45) is 2.43. The minimum atomic E-state index is 0.153. The number of hydrogen-bond donors (Lipinski definition) is 0. The van der Waals surface area contributed by atoms with E-state index in [1.165, 1.54) is 12.8 Å². The number of likely N-dealkylation sites (N-methyl/N-ethyl adjacent to an activating group) is 1. The van der Waals surface area contributed by atoms with Gasteiger partial charge in [-0.25, -0.2) is 0 Å². The number of aromatic nitrogens is 3. The molecule has 1 saturated carbocycles. The maximum Gasteiger partial charge on any atom is 0.242 e. The Morgan fingerprint density at radius 1 is 1.29 bits per heavy atom. The largest absolute Gasteiger partial charge is 0.342 e. The summed E-state index contributed by atoms with van der Waals surface area (Å²) < 4.78 is 2.25. The van der Waals surface area contributed by atoms with Crippen molar-refractivity contribution >= 4 is 11.9 Å². The van der Waals surface area contributed by atoms with Crippen LogP contribution in [-0.2, 0) is 11.3 Å². The van der Waals surface area contributed by atoms with Gasteiger partial charge >= 0.3 is 0 Å². The van der Waals surface area contributed by atoms with Crippen molar-refractivity contribution in [3.63, 3.8) is 0 Å². The van der Waals surface area contributed by atoms with Crippen molar-refractivity contribution in [3.05, 3.63) is 5.82 Å². The molecule has 0 bridgehead atoms. The van der Waals surface area contributed by atoms with E-state index in [1.807, 2.05) is 7.05 Å². The van der Waals surface area contributed by atoms with Crippen LogP contribution in [0, 0.1) is 5.92 Å². The molecule has 1 saturated heterocycles. The molecule has 0 aromatic carbocycles. The zero-order valence-corrected chi connectivity index (χ0v) is 13.4. The van der Waals surface area contributed by atoms with Gasteiger partial charge in [0.05, 0.1) is 0 Å². The number of anilines is 1. The molecule has 2 heterocycles. The Hall–Kier alpha value is -1.59. The molecule has 0 radical (unpaired) electrons. The first-order chi connectivity index (χ1) is 9.97. The van der Waals surface area contributed by atoms with Gasteiger partial charge in [-0.05, 0) is 25.7 Å². The molecule has 1 atom stereocenters. The van der Waals surface area contributed by atoms with Crippen LogP contribution < -0.4 is 4.90 Å². The van der Waals surface area contributed by atoms with Gasteiger partial charge in [-0.1, -0.05) is 13.8 Å². The van der Waals surface area contributed by atoms with Crippen molar-refractivity contribution in [1.82, 2.24) is 19.7 Å². The second-order valence-electron chi connectivity index (χ2n) is 6.89. The van der Waals surface area contributed by atoms with E-state index in [1.54, 1.807) is 4.90 Å². The highest BCUT2D eigenvalue weighted by atomic mass is 16.2. The third-order valence-electron chi connectivity index (χ3n) is 4.31. The maximum absolute atomic E-state index is 12.0. The standard InChI is InChI=1S/C15H25N5O/c1-10(2)7-20-14(12-5-6-12)16-17-15(20)19-9-13(21)18(4)8-11(19)3/h10-12H,5-9H2,1-4H3. The molecule has 21 heavy (non-hydrogen) atoms. The van der Waals surface area contributed by atoms with Crippen molar-refractivity contribution in [1.29, 1.82) is 0 Å². The number of piperazine rings is 1. The van der Waals surface area contributed by atoms with Gasteiger partial charge in [-0.15, -0.1) is 10.2 Å². The summed E-state index contributed by atoms with van der Waals surface area (Å²) in [5, 5.41) is 8.86. The highest BCUT2D eigenvalue weighted by Gasteiger charge is 2.35. The lowest BCUT2D eigenvalue weighted by atomic mass is 10.2. The Kier molecular flexibility index (Phi) is 3.63. The number of nitrogens with zero attached hydrogens (tertiary/aromatic N) is 5. The summed E-state index contributed by atoms with van der Waals surface area (Å²) in [6.45, 7) is 8.62. The zero-order valence-electron chi connectivity index (χ0n) is 13.4. The summed E-state index contributed by atoms with van der Waals surface area (Å²) in [7, 11) is 1.87. The molecule has 1 aromatic rings. The smallest absolute Gasteiger partial charge is 0.242 e. The highest BCUT2D eigenvalue weighted by molar-refractivity contribution is 5.82. The Balaban J connectivity index is 1.91. The first-order valence-corrected chi connectivity index (χ1v) is 7.91. The maximum atomic E-state index is 12.0. The Morgan fingerprint density at radius 2 is 2.00 bits per heavy atom. The van der Waals surface area contributed by atoms with E-state index in [2.05, 4.69) is 40.4 Å². The van der Waals surface area contributed by atoms with Gasteiger partial charge in [-0.3, -0.25) is 9.36 Å². The monoisotopic (exact) mass is 291 g/mol. The quantitative estimate of drug-likeness (QED) is 0.843. The molecule has 2 aliphatic rings. The van der Waals surface area contributed by atoms with Crippen LogP contribution in [0.25, 0.3) is 0 Å². The molecule has 0 spiro atoms. The lowest BCUT2D eigenvalue weighted by Crippen LogP contribution is -2.54. The molecule has 6 nitrogen and oxygen atoms in total. The molecule has 2 fully saturated rings. The highest BCUT2D eigenvalue weighted by Crippen LogP contribution is 2.40. The summed E-state index contributed by atoms with van der Waals surface area (Å²) >= 11 is 0. The molecule has 1 aliphatic heterocycles. The predicted octanol–water partition coefficient (Wildman–Crippen LogP) is 1.48. The number of carbonyl (C=O) groups is 1. The predicted molar refractivity (Wildman–Crippen MR) is 81.3 cm³/mol. The Labute approximate surface area is 126 Å². The minimum absolute atomic E-state index is 0.153. The van der Waals surface area contributed by atoms with Crippen LogP contribution >= 0.6 is 0 Å². The molecule has 116 valence electrons. The van der Waals surface area contributed by atoms with Crippen molar-refractivity contribution in [3.8, 4) is 0 Å². The van der Waals surface area contributed by atoms with Crippen molar-refractivity contribution < 1.29 is 4.79 Å². The van der Waals surface area contributed by atoms with E-state index < -0.39 is 0 Å². The van der Waals surface area contributed by atoms with Gasteiger partial charge in [0.1, 0.15) is 12.4 Å². The van der Waals surface area contributed by atoms with Crippen molar-refractivity contribution in [2.75, 3.05) is 25.0 Å². The Morgan fingerprint density at radius 3 is 2.62 bits per heavy atom. The SMILES string of the molecule is CC(C)Cn1c(C2CC2)nnc1N1CC(=O)N(C)CC1C. The van der Waals surface area contributed by atoms with E-state index in [-0.39, 0.29) is 11.9 Å². The number of hydrogen-bond acceptors (Lipinski definition) is 4. The van der Waals surface area contributed by atoms with Gasteiger partial charge in [0.2, 0.25) is 11.9 Å². The van der Waals surface area contributed by atoms with Gasteiger partial charge in [0.15, 0.2) is 0 Å². The molecular weight excluding hydrogens is 266 g/mol. The topological polar surface area (TPSA) is 54.3 Å². The van der Waals surface area contributed by atoms with Gasteiger partial charge in [-0.2, -0.15) is 0 Å². The Bertz CT molecular complexity index is 534. The lowest BCUT2D eigenvalue weighted by Gasteiger charge is -2.38. The average Bonchev–Trinajstić information content (AvgIpc) is 3.16. The van der Waals surface area contributed by atoms with E-state index >= 15 is 0 Å². The third-order valence-corrected chi connectivity index (χ3v) is 4.31. The van der Waals surface area contributed by atoms with E-state index in [0.717, 1.165) is 24.9 Å². The van der Waals surface area contributed by atoms with Crippen LogP contribution in [0.5, 0.6) is 0 Å². The van der Waals surface area contributed by atoms with E-state index in [4.69, 9.17) is 0 Å². The first kappa shape index (κ1) is 14.4. The molecular formula is C15H25N5O. The first-order valence-electron chi connectivity index (χ1n) is 7.91. The van der Waals surface area contributed by atoms with Crippen LogP contribution in [0.4, 0.5) is 5.95 Å². The minimum Gasteiger partial charge on any atom is -0.342 e. The summed E-state index contributed by atoms with van der Waals surface area (Å²) in [5.41, 5.74) is 0. The molecule has 1 aliphatic carbocycles. The number of rotatable bonds is 4. The van der Waals surface area contributed by atoms with Crippen LogP contribution in [-0.4, -0.2) is 51.8 Å². The number of carbonyl (C=O) groups excluding carboxylic acids is 1. The molecule has 1 amide bonds. The molecule has 1 aromatic heterocycles. The fourth-order valence-corrected chi connectivity index (χ4v) is 2.99. The molecule has 3 rings (SSSR count). The molecule has 1 unspecified atom stereocenters. The fraction of sp³-hybridized carbons (Fsp3) is 0.800. The molecule has 0 N–H and O–H groups in total. The summed E-state index contributed by atoms with van der Waals surface area (Å²) in [5.74, 6) is 3.25. The second-order valence-corrected chi connectivity index (χ2v) is 6.89. The van der Waals surface area contributed by atoms with Gasteiger partial charge in [0, 0.05) is 32.1 Å². The third kappa shape index (κ3) is 2.76. The molecule has 6 heteroatoms.